The summed E-state index contributed by atoms with van der Waals surface area (Å²) in [7, 11) is 1.62. The number of benzene rings is 1. The summed E-state index contributed by atoms with van der Waals surface area (Å²) in [6.45, 7) is 4.28. The molecule has 1 unspecified atom stereocenters. The van der Waals surface area contributed by atoms with Gasteiger partial charge in [0.2, 0.25) is 0 Å². The summed E-state index contributed by atoms with van der Waals surface area (Å²) < 4.78 is 10.9. The van der Waals surface area contributed by atoms with Crippen molar-refractivity contribution in [3.8, 4) is 11.5 Å². The van der Waals surface area contributed by atoms with E-state index in [4.69, 9.17) is 14.6 Å². The third-order valence-electron chi connectivity index (χ3n) is 3.27. The molecule has 0 bridgehead atoms. The highest BCUT2D eigenvalue weighted by Gasteiger charge is 2.05. The third-order valence-corrected chi connectivity index (χ3v) is 3.27. The van der Waals surface area contributed by atoms with Crippen molar-refractivity contribution in [2.75, 3.05) is 26.8 Å². The molecule has 0 aliphatic rings. The largest absolute Gasteiger partial charge is 0.493 e. The Kier molecular flexibility index (Phi) is 8.28. The standard InChI is InChI=1S/C16H25NO4/c1-13(7-8-16(18)19)9-10-17-11-12-21-15-6-4-3-5-14(15)20-2/h3-6,13,17H,7-12H2,1-2H3,(H,18,19). The van der Waals surface area contributed by atoms with E-state index >= 15 is 0 Å². The zero-order valence-electron chi connectivity index (χ0n) is 12.8. The van der Waals surface area contributed by atoms with E-state index in [0.29, 0.717) is 12.5 Å². The summed E-state index contributed by atoms with van der Waals surface area (Å²) in [6.07, 6.45) is 1.95. The van der Waals surface area contributed by atoms with E-state index in [2.05, 4.69) is 12.2 Å². The van der Waals surface area contributed by atoms with Crippen molar-refractivity contribution in [2.24, 2.45) is 5.92 Å². The lowest BCUT2D eigenvalue weighted by Crippen LogP contribution is -2.23. The van der Waals surface area contributed by atoms with Crippen molar-refractivity contribution in [3.63, 3.8) is 0 Å². The lowest BCUT2D eigenvalue weighted by atomic mass is 10.0. The molecule has 0 aliphatic heterocycles. The van der Waals surface area contributed by atoms with Crippen molar-refractivity contribution < 1.29 is 19.4 Å². The van der Waals surface area contributed by atoms with E-state index in [1.165, 1.54) is 0 Å². The topological polar surface area (TPSA) is 67.8 Å². The Morgan fingerprint density at radius 2 is 1.95 bits per heavy atom. The molecule has 0 saturated carbocycles. The number of carboxylic acids is 1. The van der Waals surface area contributed by atoms with Crippen molar-refractivity contribution in [1.82, 2.24) is 5.32 Å². The summed E-state index contributed by atoms with van der Waals surface area (Å²) in [4.78, 5) is 10.5. The van der Waals surface area contributed by atoms with Crippen molar-refractivity contribution in [1.29, 1.82) is 0 Å². The number of aliphatic carboxylic acids is 1. The van der Waals surface area contributed by atoms with E-state index < -0.39 is 5.97 Å². The van der Waals surface area contributed by atoms with Gasteiger partial charge in [-0.1, -0.05) is 19.1 Å². The first-order chi connectivity index (χ1) is 10.1. The van der Waals surface area contributed by atoms with Crippen LogP contribution in [0.3, 0.4) is 0 Å². The lowest BCUT2D eigenvalue weighted by molar-refractivity contribution is -0.137. The first-order valence-corrected chi connectivity index (χ1v) is 7.31. The molecule has 0 saturated heterocycles. The van der Waals surface area contributed by atoms with Gasteiger partial charge in [0.1, 0.15) is 6.61 Å². The Hall–Kier alpha value is -1.75. The molecule has 0 amide bonds. The van der Waals surface area contributed by atoms with Crippen molar-refractivity contribution in [3.05, 3.63) is 24.3 Å². The summed E-state index contributed by atoms with van der Waals surface area (Å²) >= 11 is 0. The molecular weight excluding hydrogens is 270 g/mol. The van der Waals surface area contributed by atoms with Gasteiger partial charge in [-0.2, -0.15) is 0 Å². The maximum absolute atomic E-state index is 10.5. The second-order valence-corrected chi connectivity index (χ2v) is 5.08. The molecule has 1 atom stereocenters. The number of para-hydroxylation sites is 2. The maximum atomic E-state index is 10.5. The number of carbonyl (C=O) groups is 1. The van der Waals surface area contributed by atoms with Crippen LogP contribution < -0.4 is 14.8 Å². The molecule has 2 N–H and O–H groups in total. The fraction of sp³-hybridized carbons (Fsp3) is 0.562. The molecule has 0 radical (unpaired) electrons. The monoisotopic (exact) mass is 295 g/mol. The number of hydrogen-bond donors (Lipinski definition) is 2. The number of carboxylic acid groups (broad SMARTS) is 1. The fourth-order valence-electron chi connectivity index (χ4n) is 1.96. The van der Waals surface area contributed by atoms with Gasteiger partial charge in [-0.25, -0.2) is 0 Å². The normalized spacial score (nSPS) is 11.9. The smallest absolute Gasteiger partial charge is 0.303 e. The molecule has 0 aliphatic carbocycles. The number of rotatable bonds is 11. The molecule has 1 rings (SSSR count). The van der Waals surface area contributed by atoms with Gasteiger partial charge in [-0.05, 0) is 37.4 Å². The highest BCUT2D eigenvalue weighted by atomic mass is 16.5. The van der Waals surface area contributed by atoms with Gasteiger partial charge < -0.3 is 19.9 Å². The van der Waals surface area contributed by atoms with Crippen LogP contribution in [0.2, 0.25) is 0 Å². The predicted molar refractivity (Wildman–Crippen MR) is 82.0 cm³/mol. The third kappa shape index (κ3) is 7.56. The zero-order chi connectivity index (χ0) is 15.5. The quantitative estimate of drug-likeness (QED) is 0.614. The first kappa shape index (κ1) is 17.3. The van der Waals surface area contributed by atoms with Crippen LogP contribution >= 0.6 is 0 Å². The highest BCUT2D eigenvalue weighted by Crippen LogP contribution is 2.25. The molecule has 5 nitrogen and oxygen atoms in total. The Bertz CT molecular complexity index is 422. The molecular formula is C16H25NO4. The van der Waals surface area contributed by atoms with E-state index in [9.17, 15) is 4.79 Å². The fourth-order valence-corrected chi connectivity index (χ4v) is 1.96. The second kappa shape index (κ2) is 10.0. The average Bonchev–Trinajstić information content (AvgIpc) is 2.49. The summed E-state index contributed by atoms with van der Waals surface area (Å²) in [5, 5.41) is 11.9. The van der Waals surface area contributed by atoms with E-state index in [1.54, 1.807) is 7.11 Å². The van der Waals surface area contributed by atoms with Crippen LogP contribution in [0.25, 0.3) is 0 Å². The minimum Gasteiger partial charge on any atom is -0.493 e. The van der Waals surface area contributed by atoms with Gasteiger partial charge in [-0.3, -0.25) is 4.79 Å². The van der Waals surface area contributed by atoms with Crippen LogP contribution in [-0.4, -0.2) is 37.9 Å². The second-order valence-electron chi connectivity index (χ2n) is 5.08. The average molecular weight is 295 g/mol. The molecule has 0 heterocycles. The molecule has 1 aromatic carbocycles. The maximum Gasteiger partial charge on any atom is 0.303 e. The van der Waals surface area contributed by atoms with Gasteiger partial charge in [-0.15, -0.1) is 0 Å². The van der Waals surface area contributed by atoms with E-state index in [0.717, 1.165) is 37.4 Å². The first-order valence-electron chi connectivity index (χ1n) is 7.31. The van der Waals surface area contributed by atoms with Crippen LogP contribution in [0.15, 0.2) is 24.3 Å². The van der Waals surface area contributed by atoms with Crippen LogP contribution in [-0.2, 0) is 4.79 Å². The summed E-state index contributed by atoms with van der Waals surface area (Å²) in [5.74, 6) is 1.18. The van der Waals surface area contributed by atoms with Gasteiger partial charge in [0.25, 0.3) is 0 Å². The Morgan fingerprint density at radius 3 is 2.62 bits per heavy atom. The molecule has 1 aromatic rings. The number of hydrogen-bond acceptors (Lipinski definition) is 4. The molecule has 5 heteroatoms. The minimum absolute atomic E-state index is 0.248. The predicted octanol–water partition coefficient (Wildman–Crippen LogP) is 2.55. The van der Waals surface area contributed by atoms with Gasteiger partial charge in [0.05, 0.1) is 7.11 Å². The number of nitrogens with one attached hydrogen (secondary N) is 1. The SMILES string of the molecule is COc1ccccc1OCCNCCC(C)CCC(=O)O. The summed E-state index contributed by atoms with van der Waals surface area (Å²) in [5.41, 5.74) is 0. The van der Waals surface area contributed by atoms with Crippen molar-refractivity contribution in [2.45, 2.75) is 26.2 Å². The van der Waals surface area contributed by atoms with Crippen LogP contribution in [0, 0.1) is 5.92 Å². The van der Waals surface area contributed by atoms with Crippen LogP contribution in [0.4, 0.5) is 0 Å². The minimum atomic E-state index is -0.722. The van der Waals surface area contributed by atoms with Gasteiger partial charge >= 0.3 is 5.97 Å². The molecule has 0 fully saturated rings. The Morgan fingerprint density at radius 1 is 1.24 bits per heavy atom. The Balaban J connectivity index is 2.08. The molecule has 0 aromatic heterocycles. The van der Waals surface area contributed by atoms with E-state index in [-0.39, 0.29) is 6.42 Å². The summed E-state index contributed by atoms with van der Waals surface area (Å²) in [6, 6.07) is 7.57. The zero-order valence-corrected chi connectivity index (χ0v) is 12.8. The van der Waals surface area contributed by atoms with Gasteiger partial charge in [0.15, 0.2) is 11.5 Å². The Labute approximate surface area is 126 Å². The molecule has 21 heavy (non-hydrogen) atoms. The molecule has 0 spiro atoms. The number of ether oxygens (including phenoxy) is 2. The lowest BCUT2D eigenvalue weighted by Gasteiger charge is -2.12. The number of methoxy groups -OCH3 is 1. The van der Waals surface area contributed by atoms with Crippen molar-refractivity contribution >= 4 is 5.97 Å². The molecule has 118 valence electrons. The van der Waals surface area contributed by atoms with Crippen LogP contribution in [0.1, 0.15) is 26.2 Å². The van der Waals surface area contributed by atoms with E-state index in [1.807, 2.05) is 24.3 Å². The highest BCUT2D eigenvalue weighted by molar-refractivity contribution is 5.66. The van der Waals surface area contributed by atoms with Gasteiger partial charge in [0, 0.05) is 13.0 Å². The van der Waals surface area contributed by atoms with Crippen LogP contribution in [0.5, 0.6) is 11.5 Å².